The molecule has 1 heterocycles. The SMILES string of the molecule is CCCC(Cl)(Cl)CC1CCCCCCCCCCCCCCCCCO1. The largest absolute Gasteiger partial charge is 0.378 e. The second kappa shape index (κ2) is 16.5. The van der Waals surface area contributed by atoms with Crippen LogP contribution in [0.25, 0.3) is 0 Å². The van der Waals surface area contributed by atoms with Crippen LogP contribution in [-0.2, 0) is 4.74 Å². The maximum Gasteiger partial charge on any atom is 0.120 e. The van der Waals surface area contributed by atoms with Crippen molar-refractivity contribution in [2.45, 2.75) is 139 Å². The van der Waals surface area contributed by atoms with E-state index in [0.29, 0.717) is 0 Å². The third-order valence-corrected chi connectivity index (χ3v) is 6.35. The molecule has 156 valence electrons. The molecular weight excluding hydrogens is 363 g/mol. The average Bonchev–Trinajstić information content (AvgIpc) is 2.59. The fraction of sp³-hybridized carbons (Fsp3) is 1.00. The van der Waals surface area contributed by atoms with Gasteiger partial charge in [0.1, 0.15) is 4.33 Å². The zero-order chi connectivity index (χ0) is 18.9. The van der Waals surface area contributed by atoms with E-state index < -0.39 is 4.33 Å². The van der Waals surface area contributed by atoms with Gasteiger partial charge in [0.15, 0.2) is 0 Å². The lowest BCUT2D eigenvalue weighted by Crippen LogP contribution is -2.25. The highest BCUT2D eigenvalue weighted by Crippen LogP contribution is 2.34. The van der Waals surface area contributed by atoms with E-state index in [0.717, 1.165) is 32.3 Å². The zero-order valence-electron chi connectivity index (χ0n) is 17.4. The molecule has 0 spiro atoms. The van der Waals surface area contributed by atoms with Gasteiger partial charge in [-0.1, -0.05) is 103 Å². The first-order valence-electron chi connectivity index (χ1n) is 11.6. The predicted octanol–water partition coefficient (Wildman–Crippen LogP) is 8.99. The molecule has 26 heavy (non-hydrogen) atoms. The van der Waals surface area contributed by atoms with Crippen molar-refractivity contribution >= 4 is 23.2 Å². The van der Waals surface area contributed by atoms with Gasteiger partial charge in [0, 0.05) is 13.0 Å². The van der Waals surface area contributed by atoms with E-state index in [1.54, 1.807) is 0 Å². The van der Waals surface area contributed by atoms with E-state index in [1.807, 2.05) is 0 Å². The number of ether oxygens (including phenoxy) is 1. The van der Waals surface area contributed by atoms with Crippen molar-refractivity contribution in [1.82, 2.24) is 0 Å². The summed E-state index contributed by atoms with van der Waals surface area (Å²) in [7, 11) is 0. The fourth-order valence-electron chi connectivity index (χ4n) is 4.07. The van der Waals surface area contributed by atoms with Crippen LogP contribution in [0.1, 0.15) is 129 Å². The summed E-state index contributed by atoms with van der Waals surface area (Å²) in [6, 6.07) is 0. The molecule has 0 saturated carbocycles. The summed E-state index contributed by atoms with van der Waals surface area (Å²) in [5.74, 6) is 0. The normalized spacial score (nSPS) is 24.3. The van der Waals surface area contributed by atoms with Crippen molar-refractivity contribution in [2.24, 2.45) is 0 Å². The summed E-state index contributed by atoms with van der Waals surface area (Å²) in [5.41, 5.74) is 0. The minimum Gasteiger partial charge on any atom is -0.378 e. The topological polar surface area (TPSA) is 9.23 Å². The Labute approximate surface area is 173 Å². The van der Waals surface area contributed by atoms with E-state index >= 15 is 0 Å². The summed E-state index contributed by atoms with van der Waals surface area (Å²) in [6.07, 6.45) is 24.6. The number of alkyl halides is 2. The monoisotopic (exact) mass is 406 g/mol. The fourth-order valence-corrected chi connectivity index (χ4v) is 4.79. The molecule has 1 atom stereocenters. The summed E-state index contributed by atoms with van der Waals surface area (Å²) >= 11 is 13.0. The molecule has 3 heteroatoms. The molecular formula is C23H44Cl2O. The summed E-state index contributed by atoms with van der Waals surface area (Å²) in [5, 5.41) is 0. The standard InChI is InChI=1S/C23H44Cl2O/c1-2-19-23(24,25)21-22-18-16-14-12-10-8-6-4-3-5-7-9-11-13-15-17-20-26-22/h22H,2-21H2,1H3. The smallest absolute Gasteiger partial charge is 0.120 e. The van der Waals surface area contributed by atoms with Gasteiger partial charge < -0.3 is 4.74 Å². The molecule has 1 fully saturated rings. The Bertz CT molecular complexity index is 287. The Morgan fingerprint density at radius 2 is 1.12 bits per heavy atom. The van der Waals surface area contributed by atoms with Crippen molar-refractivity contribution < 1.29 is 4.74 Å². The second-order valence-electron chi connectivity index (χ2n) is 8.39. The third-order valence-electron chi connectivity index (χ3n) is 5.67. The molecule has 0 aliphatic carbocycles. The van der Waals surface area contributed by atoms with Crippen LogP contribution in [-0.4, -0.2) is 17.0 Å². The lowest BCUT2D eigenvalue weighted by molar-refractivity contribution is 0.0342. The average molecular weight is 408 g/mol. The van der Waals surface area contributed by atoms with Gasteiger partial charge in [-0.25, -0.2) is 0 Å². The number of hydrogen-bond acceptors (Lipinski definition) is 1. The van der Waals surface area contributed by atoms with E-state index in [-0.39, 0.29) is 6.10 Å². The Morgan fingerprint density at radius 1 is 0.692 bits per heavy atom. The Morgan fingerprint density at radius 3 is 1.58 bits per heavy atom. The van der Waals surface area contributed by atoms with Crippen molar-refractivity contribution in [3.8, 4) is 0 Å². The summed E-state index contributed by atoms with van der Waals surface area (Å²) in [4.78, 5) is 0. The van der Waals surface area contributed by atoms with Crippen molar-refractivity contribution in [3.05, 3.63) is 0 Å². The van der Waals surface area contributed by atoms with Crippen LogP contribution in [0.3, 0.4) is 0 Å². The highest BCUT2D eigenvalue weighted by molar-refractivity contribution is 6.48. The van der Waals surface area contributed by atoms with Gasteiger partial charge in [-0.2, -0.15) is 0 Å². The highest BCUT2D eigenvalue weighted by Gasteiger charge is 2.27. The molecule has 0 amide bonds. The molecule has 0 aromatic carbocycles. The highest BCUT2D eigenvalue weighted by atomic mass is 35.5. The van der Waals surface area contributed by atoms with Gasteiger partial charge in [0.25, 0.3) is 0 Å². The van der Waals surface area contributed by atoms with Gasteiger partial charge >= 0.3 is 0 Å². The first-order valence-corrected chi connectivity index (χ1v) is 12.4. The molecule has 1 unspecified atom stereocenters. The maximum absolute atomic E-state index is 6.52. The van der Waals surface area contributed by atoms with Crippen molar-refractivity contribution in [2.75, 3.05) is 6.61 Å². The van der Waals surface area contributed by atoms with E-state index in [9.17, 15) is 0 Å². The van der Waals surface area contributed by atoms with Crippen LogP contribution in [0.2, 0.25) is 0 Å². The summed E-state index contributed by atoms with van der Waals surface area (Å²) < 4.78 is 5.60. The minimum absolute atomic E-state index is 0.235. The van der Waals surface area contributed by atoms with Gasteiger partial charge in [-0.15, -0.1) is 23.2 Å². The van der Waals surface area contributed by atoms with E-state index in [2.05, 4.69) is 6.92 Å². The Hall–Kier alpha value is 0.540. The summed E-state index contributed by atoms with van der Waals surface area (Å²) in [6.45, 7) is 3.02. The van der Waals surface area contributed by atoms with E-state index in [4.69, 9.17) is 27.9 Å². The maximum atomic E-state index is 6.52. The first-order chi connectivity index (χ1) is 12.6. The third kappa shape index (κ3) is 14.6. The molecule has 0 radical (unpaired) electrons. The molecule has 0 bridgehead atoms. The second-order valence-corrected chi connectivity index (χ2v) is 10.0. The molecule has 0 aromatic heterocycles. The molecule has 1 saturated heterocycles. The number of hydrogen-bond donors (Lipinski definition) is 0. The Kier molecular flexibility index (Phi) is 15.6. The van der Waals surface area contributed by atoms with Crippen LogP contribution in [0.4, 0.5) is 0 Å². The minimum atomic E-state index is -0.616. The van der Waals surface area contributed by atoms with Crippen LogP contribution in [0.15, 0.2) is 0 Å². The molecule has 1 aliphatic heterocycles. The lowest BCUT2D eigenvalue weighted by atomic mass is 10.0. The zero-order valence-corrected chi connectivity index (χ0v) is 18.9. The predicted molar refractivity (Wildman–Crippen MR) is 118 cm³/mol. The van der Waals surface area contributed by atoms with E-state index in [1.165, 1.54) is 96.3 Å². The lowest BCUT2D eigenvalue weighted by Gasteiger charge is -2.26. The van der Waals surface area contributed by atoms with Gasteiger partial charge in [0.2, 0.25) is 0 Å². The molecule has 1 aliphatic rings. The van der Waals surface area contributed by atoms with Crippen LogP contribution in [0, 0.1) is 0 Å². The van der Waals surface area contributed by atoms with Crippen molar-refractivity contribution in [3.63, 3.8) is 0 Å². The number of rotatable bonds is 4. The number of halogens is 2. The van der Waals surface area contributed by atoms with Crippen LogP contribution < -0.4 is 0 Å². The molecule has 1 rings (SSSR count). The van der Waals surface area contributed by atoms with Crippen molar-refractivity contribution in [1.29, 1.82) is 0 Å². The Balaban J connectivity index is 2.37. The van der Waals surface area contributed by atoms with Gasteiger partial charge in [-0.05, 0) is 19.3 Å². The van der Waals surface area contributed by atoms with Gasteiger partial charge in [-0.3, -0.25) is 0 Å². The first kappa shape index (κ1) is 24.6. The molecule has 1 nitrogen and oxygen atoms in total. The van der Waals surface area contributed by atoms with Gasteiger partial charge in [0.05, 0.1) is 6.10 Å². The van der Waals surface area contributed by atoms with Crippen LogP contribution >= 0.6 is 23.2 Å². The quantitative estimate of drug-likeness (QED) is 0.422. The molecule has 0 N–H and O–H groups in total. The molecule has 0 aromatic rings. The van der Waals surface area contributed by atoms with Crippen LogP contribution in [0.5, 0.6) is 0 Å².